The lowest BCUT2D eigenvalue weighted by Gasteiger charge is -2.30. The first-order valence-electron chi connectivity index (χ1n) is 4.36. The molecule has 14 heavy (non-hydrogen) atoms. The van der Waals surface area contributed by atoms with Crippen LogP contribution in [-0.4, -0.2) is 26.0 Å². The maximum atomic E-state index is 11.3. The molecule has 0 spiro atoms. The molecule has 5 nitrogen and oxygen atoms in total. The summed E-state index contributed by atoms with van der Waals surface area (Å²) in [6.07, 6.45) is 1.06. The lowest BCUT2D eigenvalue weighted by Crippen LogP contribution is -2.57. The van der Waals surface area contributed by atoms with E-state index >= 15 is 0 Å². The van der Waals surface area contributed by atoms with Crippen LogP contribution in [0.15, 0.2) is 0 Å². The summed E-state index contributed by atoms with van der Waals surface area (Å²) in [5.74, 6) is 0. The van der Waals surface area contributed by atoms with Crippen LogP contribution in [0, 0.1) is 0 Å². The van der Waals surface area contributed by atoms with E-state index in [1.54, 1.807) is 0 Å². The quantitative estimate of drug-likeness (QED) is 0.564. The molecule has 0 heterocycles. The lowest BCUT2D eigenvalue weighted by atomic mass is 9.94. The van der Waals surface area contributed by atoms with Crippen molar-refractivity contribution >= 4 is 27.4 Å². The van der Waals surface area contributed by atoms with Gasteiger partial charge in [-0.05, 0) is 12.8 Å². The van der Waals surface area contributed by atoms with Crippen molar-refractivity contribution in [3.8, 4) is 0 Å². The fourth-order valence-corrected chi connectivity index (χ4v) is 2.52. The van der Waals surface area contributed by atoms with Crippen LogP contribution in [0.25, 0.3) is 0 Å². The van der Waals surface area contributed by atoms with E-state index < -0.39 is 15.7 Å². The van der Waals surface area contributed by atoms with Crippen LogP contribution >= 0.6 is 12.2 Å². The van der Waals surface area contributed by atoms with Gasteiger partial charge < -0.3 is 5.73 Å². The predicted octanol–water partition coefficient (Wildman–Crippen LogP) is -0.115. The third-order valence-electron chi connectivity index (χ3n) is 2.28. The Labute approximate surface area is 90.6 Å². The summed E-state index contributed by atoms with van der Waals surface area (Å²) in [4.78, 5) is 0.168. The second kappa shape index (κ2) is 5.01. The van der Waals surface area contributed by atoms with Gasteiger partial charge in [-0.1, -0.05) is 26.1 Å². The maximum absolute atomic E-state index is 11.3. The molecule has 0 aromatic heterocycles. The van der Waals surface area contributed by atoms with Crippen LogP contribution in [0.5, 0.6) is 0 Å². The molecule has 0 rings (SSSR count). The molecule has 0 bridgehead atoms. The molecule has 0 aliphatic carbocycles. The van der Waals surface area contributed by atoms with Gasteiger partial charge >= 0.3 is 0 Å². The van der Waals surface area contributed by atoms with Gasteiger partial charge in [0.25, 0.3) is 10.2 Å². The van der Waals surface area contributed by atoms with E-state index in [9.17, 15) is 8.42 Å². The van der Waals surface area contributed by atoms with Gasteiger partial charge in [-0.15, -0.1) is 0 Å². The van der Waals surface area contributed by atoms with E-state index in [1.165, 1.54) is 7.05 Å². The lowest BCUT2D eigenvalue weighted by molar-refractivity contribution is 0.462. The van der Waals surface area contributed by atoms with Crippen LogP contribution in [0.1, 0.15) is 26.7 Å². The van der Waals surface area contributed by atoms with Crippen molar-refractivity contribution in [2.24, 2.45) is 5.73 Å². The van der Waals surface area contributed by atoms with Crippen molar-refractivity contribution < 1.29 is 8.42 Å². The monoisotopic (exact) mass is 239 g/mol. The van der Waals surface area contributed by atoms with Crippen molar-refractivity contribution in [1.29, 1.82) is 0 Å². The molecule has 0 aliphatic rings. The summed E-state index contributed by atoms with van der Waals surface area (Å²) in [5, 5.41) is 0. The summed E-state index contributed by atoms with van der Waals surface area (Å²) in [7, 11) is -2.18. The Morgan fingerprint density at radius 3 is 2.07 bits per heavy atom. The standard InChI is InChI=1S/C7H17N3O2S2/c1-4-7(5-2,6(8)13)10-14(11,12)9-3/h9-10H,4-5H2,1-3H3,(H2,8,13). The highest BCUT2D eigenvalue weighted by Crippen LogP contribution is 2.16. The van der Waals surface area contributed by atoms with Gasteiger partial charge in [-0.25, -0.2) is 4.72 Å². The predicted molar refractivity (Wildman–Crippen MR) is 61.2 cm³/mol. The second-order valence-corrected chi connectivity index (χ2v) is 5.02. The Balaban J connectivity index is 4.96. The molecule has 0 aliphatic heterocycles. The van der Waals surface area contributed by atoms with E-state index in [2.05, 4.69) is 9.44 Å². The molecule has 0 saturated heterocycles. The molecule has 0 atom stereocenters. The van der Waals surface area contributed by atoms with Gasteiger partial charge in [0.15, 0.2) is 0 Å². The van der Waals surface area contributed by atoms with Crippen LogP contribution < -0.4 is 15.2 Å². The zero-order valence-corrected chi connectivity index (χ0v) is 10.3. The van der Waals surface area contributed by atoms with Crippen molar-refractivity contribution in [3.05, 3.63) is 0 Å². The number of nitrogens with two attached hydrogens (primary N) is 1. The van der Waals surface area contributed by atoms with Crippen molar-refractivity contribution in [2.45, 2.75) is 32.2 Å². The van der Waals surface area contributed by atoms with Gasteiger partial charge in [0, 0.05) is 7.05 Å². The van der Waals surface area contributed by atoms with E-state index in [0.717, 1.165) is 0 Å². The molecule has 7 heteroatoms. The molecular weight excluding hydrogens is 222 g/mol. The zero-order valence-electron chi connectivity index (χ0n) is 8.62. The third-order valence-corrected chi connectivity index (χ3v) is 3.86. The van der Waals surface area contributed by atoms with Crippen LogP contribution in [0.2, 0.25) is 0 Å². The normalized spacial score (nSPS) is 12.8. The highest BCUT2D eigenvalue weighted by molar-refractivity contribution is 7.87. The summed E-state index contributed by atoms with van der Waals surface area (Å²) in [6.45, 7) is 3.67. The topological polar surface area (TPSA) is 84.2 Å². The molecular formula is C7H17N3O2S2. The number of hydrogen-bond donors (Lipinski definition) is 3. The molecule has 0 aromatic carbocycles. The average Bonchev–Trinajstić information content (AvgIpc) is 2.14. The molecule has 0 amide bonds. The molecule has 0 unspecified atom stereocenters. The number of hydrogen-bond acceptors (Lipinski definition) is 3. The third kappa shape index (κ3) is 3.16. The summed E-state index contributed by atoms with van der Waals surface area (Å²) in [6, 6.07) is 0. The van der Waals surface area contributed by atoms with E-state index in [-0.39, 0.29) is 4.99 Å². The summed E-state index contributed by atoms with van der Waals surface area (Å²) < 4.78 is 27.2. The number of thiocarbonyl (C=S) groups is 1. The molecule has 0 radical (unpaired) electrons. The minimum atomic E-state index is -3.51. The van der Waals surface area contributed by atoms with Crippen LogP contribution in [0.4, 0.5) is 0 Å². The first-order chi connectivity index (χ1) is 6.33. The van der Waals surface area contributed by atoms with Gasteiger partial charge in [0.05, 0.1) is 10.5 Å². The number of rotatable bonds is 6. The average molecular weight is 239 g/mol. The van der Waals surface area contributed by atoms with Gasteiger partial charge in [0.2, 0.25) is 0 Å². The first-order valence-corrected chi connectivity index (χ1v) is 6.25. The Morgan fingerprint density at radius 2 is 1.86 bits per heavy atom. The summed E-state index contributed by atoms with van der Waals surface area (Å²) >= 11 is 4.87. The van der Waals surface area contributed by atoms with Gasteiger partial charge in [-0.3, -0.25) is 0 Å². The minimum absolute atomic E-state index is 0.168. The Kier molecular flexibility index (Phi) is 4.93. The highest BCUT2D eigenvalue weighted by Gasteiger charge is 2.33. The largest absolute Gasteiger partial charge is 0.392 e. The van der Waals surface area contributed by atoms with Crippen molar-refractivity contribution in [2.75, 3.05) is 7.05 Å². The van der Waals surface area contributed by atoms with E-state index in [0.29, 0.717) is 12.8 Å². The Bertz CT molecular complexity index is 296. The minimum Gasteiger partial charge on any atom is -0.392 e. The zero-order chi connectivity index (χ0) is 11.4. The van der Waals surface area contributed by atoms with Crippen LogP contribution in [-0.2, 0) is 10.2 Å². The fraction of sp³-hybridized carbons (Fsp3) is 0.857. The first kappa shape index (κ1) is 13.8. The second-order valence-electron chi connectivity index (χ2n) is 2.96. The molecule has 84 valence electrons. The van der Waals surface area contributed by atoms with Crippen molar-refractivity contribution in [1.82, 2.24) is 9.44 Å². The molecule has 0 aromatic rings. The Morgan fingerprint density at radius 1 is 1.43 bits per heavy atom. The molecule has 4 N–H and O–H groups in total. The summed E-state index contributed by atoms with van der Waals surface area (Å²) in [5.41, 5.74) is 4.71. The van der Waals surface area contributed by atoms with Crippen molar-refractivity contribution in [3.63, 3.8) is 0 Å². The molecule has 0 saturated carbocycles. The maximum Gasteiger partial charge on any atom is 0.277 e. The molecule has 0 fully saturated rings. The Hall–Kier alpha value is -0.240. The van der Waals surface area contributed by atoms with E-state index in [1.807, 2.05) is 13.8 Å². The highest BCUT2D eigenvalue weighted by atomic mass is 32.2. The van der Waals surface area contributed by atoms with Gasteiger partial charge in [0.1, 0.15) is 0 Å². The van der Waals surface area contributed by atoms with Gasteiger partial charge in [-0.2, -0.15) is 13.1 Å². The van der Waals surface area contributed by atoms with Crippen LogP contribution in [0.3, 0.4) is 0 Å². The number of nitrogens with one attached hydrogen (secondary N) is 2. The smallest absolute Gasteiger partial charge is 0.277 e. The SMILES string of the molecule is CCC(CC)(NS(=O)(=O)NC)C(N)=S. The van der Waals surface area contributed by atoms with E-state index in [4.69, 9.17) is 18.0 Å². The fourth-order valence-electron chi connectivity index (χ4n) is 1.10.